The fourth-order valence-electron chi connectivity index (χ4n) is 10.4. The summed E-state index contributed by atoms with van der Waals surface area (Å²) < 4.78 is 79.8. The third-order valence-corrected chi connectivity index (χ3v) is 17.1. The molecule has 2 atom stereocenters. The van der Waals surface area contributed by atoms with Gasteiger partial charge in [0.1, 0.15) is 53.6 Å². The first kappa shape index (κ1) is 63.1. The Balaban J connectivity index is 0.859. The average molecular weight is 1220 g/mol. The number of carboxylic acids is 1. The zero-order chi connectivity index (χ0) is 58.8. The van der Waals surface area contributed by atoms with E-state index in [0.717, 1.165) is 57.7 Å². The number of likely N-dealkylation sites (N-methyl/N-ethyl adjacent to an activating group) is 1. The highest BCUT2D eigenvalue weighted by Crippen LogP contribution is 2.53. The van der Waals surface area contributed by atoms with Gasteiger partial charge in [0.05, 0.1) is 107 Å². The molecule has 0 amide bonds. The van der Waals surface area contributed by atoms with Crippen molar-refractivity contribution in [3.05, 3.63) is 105 Å². The van der Waals surface area contributed by atoms with Gasteiger partial charge in [0.2, 0.25) is 12.0 Å². The van der Waals surface area contributed by atoms with Crippen LogP contribution in [0, 0.1) is 19.7 Å². The maximum absolute atomic E-state index is 14.5. The minimum absolute atomic E-state index is 0.0266. The molecule has 6 aromatic rings. The monoisotopic (exact) mass is 1220 g/mol. The van der Waals surface area contributed by atoms with E-state index in [2.05, 4.69) is 31.8 Å². The fraction of sp³-hybridized carbons (Fsp3) is 0.525. The van der Waals surface area contributed by atoms with Crippen molar-refractivity contribution in [3.63, 3.8) is 0 Å². The van der Waals surface area contributed by atoms with Crippen LogP contribution in [0.15, 0.2) is 61.1 Å². The molecule has 23 heteroatoms. The molecular weight excluding hydrogens is 1150 g/mol. The molecular formula is C61H75Cl2FN6O13S. The van der Waals surface area contributed by atoms with Crippen molar-refractivity contribution in [3.8, 4) is 44.7 Å². The van der Waals surface area contributed by atoms with Gasteiger partial charge in [-0.05, 0) is 105 Å². The third kappa shape index (κ3) is 17.2. The lowest BCUT2D eigenvalue weighted by atomic mass is 9.87. The molecule has 2 fully saturated rings. The molecule has 4 aliphatic rings. The van der Waals surface area contributed by atoms with Crippen molar-refractivity contribution in [2.45, 2.75) is 76.8 Å². The van der Waals surface area contributed by atoms with Crippen LogP contribution in [0.5, 0.6) is 23.1 Å². The van der Waals surface area contributed by atoms with Gasteiger partial charge in [0, 0.05) is 74.4 Å². The van der Waals surface area contributed by atoms with Gasteiger partial charge in [-0.3, -0.25) is 4.90 Å². The second-order valence-electron chi connectivity index (χ2n) is 20.9. The van der Waals surface area contributed by atoms with E-state index in [1.807, 2.05) is 19.9 Å². The lowest BCUT2D eigenvalue weighted by Crippen LogP contribution is -2.49. The Labute approximate surface area is 503 Å². The van der Waals surface area contributed by atoms with Crippen molar-refractivity contribution in [2.24, 2.45) is 0 Å². The Kier molecular flexibility index (Phi) is 23.9. The van der Waals surface area contributed by atoms with E-state index in [1.165, 1.54) is 29.8 Å². The molecule has 454 valence electrons. The summed E-state index contributed by atoms with van der Waals surface area (Å²) in [7, 11) is 3.75. The van der Waals surface area contributed by atoms with Gasteiger partial charge < -0.3 is 62.1 Å². The van der Waals surface area contributed by atoms with E-state index in [1.54, 1.807) is 43.6 Å². The Morgan fingerprint density at radius 1 is 0.774 bits per heavy atom. The van der Waals surface area contributed by atoms with Crippen molar-refractivity contribution in [1.82, 2.24) is 29.7 Å². The summed E-state index contributed by atoms with van der Waals surface area (Å²) in [5.74, 6) is 0.470. The maximum Gasteiger partial charge on any atom is 0.345 e. The number of methoxy groups -OCH3 is 1. The molecule has 0 unspecified atom stereocenters. The van der Waals surface area contributed by atoms with Crippen LogP contribution in [0.4, 0.5) is 4.39 Å². The van der Waals surface area contributed by atoms with Crippen LogP contribution >= 0.6 is 34.5 Å². The van der Waals surface area contributed by atoms with Crippen LogP contribution in [-0.2, 0) is 51.0 Å². The Morgan fingerprint density at radius 2 is 1.42 bits per heavy atom. The number of hydrogen-bond donors (Lipinski definition) is 1. The van der Waals surface area contributed by atoms with Crippen LogP contribution in [0.1, 0.15) is 59.8 Å². The van der Waals surface area contributed by atoms with Gasteiger partial charge in [0.15, 0.2) is 5.75 Å². The highest BCUT2D eigenvalue weighted by molar-refractivity contribution is 7.22. The smallest absolute Gasteiger partial charge is 0.345 e. The lowest BCUT2D eigenvalue weighted by Gasteiger charge is -2.35. The van der Waals surface area contributed by atoms with E-state index in [9.17, 15) is 14.3 Å². The summed E-state index contributed by atoms with van der Waals surface area (Å²) in [5.41, 5.74) is 4.43. The number of fused-ring (bicyclic) bond motifs is 7. The van der Waals surface area contributed by atoms with Crippen molar-refractivity contribution < 1.29 is 66.4 Å². The Bertz CT molecular complexity index is 3050. The average Bonchev–Trinajstić information content (AvgIpc) is 3.53. The van der Waals surface area contributed by atoms with E-state index in [-0.39, 0.29) is 37.5 Å². The summed E-state index contributed by atoms with van der Waals surface area (Å²) in [4.78, 5) is 38.2. The standard InChI is InChI=1S/C61H75Cl2FN6O13S/c1-39-51-40(2)55(63)56(54(39)62)82-48(35-70-19-17-69(3)18-20-70)37-80-47-13-14-49(43(33-47)34-50(61(71)72)83-59-53-52(51)57(84-60(53)67-38-66-59)41-5-9-44(64)10-6-41)81-36-45-15-16-65-58(68-45)42-7-11-46(12-8-42)79-32-31-78-30-29-77-28-27-76-26-25-75-24-23-74-22-21-73-4/h5-6,9-10,13-16,33,38,42,46,48,50H,7-8,11-12,17-32,34-37H2,1-4H3,(H,71,72)/t42?,46?,48-,50-/m1/s1. The molecule has 4 bridgehead atoms. The molecule has 1 saturated heterocycles. The molecule has 10 rings (SSSR count). The van der Waals surface area contributed by atoms with Crippen molar-refractivity contribution in [2.75, 3.05) is 133 Å². The predicted octanol–water partition coefficient (Wildman–Crippen LogP) is 9.69. The molecule has 19 nitrogen and oxygen atoms in total. The van der Waals surface area contributed by atoms with Gasteiger partial charge in [-0.15, -0.1) is 11.3 Å². The summed E-state index contributed by atoms with van der Waals surface area (Å²) in [5, 5.41) is 12.0. The SMILES string of the molecule is COCCOCCOCCOCCOCCOCCOC1CCC(c2nccc(COc3ccc4cc3C[C@H](C(=O)O)Oc3ncnc5sc(-c6ccc(F)cc6)c(c35)-c3c(C)c(Cl)c(c(Cl)c3C)O[C@H](CN3CCN(C)CC3)CO4)n2)CC1. The van der Waals surface area contributed by atoms with Crippen molar-refractivity contribution >= 4 is 50.7 Å². The number of aromatic nitrogens is 4. The maximum atomic E-state index is 14.5. The Morgan fingerprint density at radius 3 is 2.06 bits per heavy atom. The number of hydrogen-bond acceptors (Lipinski definition) is 19. The number of thiophene rings is 1. The molecule has 0 spiro atoms. The zero-order valence-electron chi connectivity index (χ0n) is 48.1. The van der Waals surface area contributed by atoms with Crippen LogP contribution < -0.4 is 18.9 Å². The zero-order valence-corrected chi connectivity index (χ0v) is 50.5. The van der Waals surface area contributed by atoms with E-state index in [0.29, 0.717) is 167 Å². The largest absolute Gasteiger partial charge is 0.490 e. The highest BCUT2D eigenvalue weighted by Gasteiger charge is 2.33. The molecule has 3 aromatic carbocycles. The number of piperazine rings is 1. The molecule has 1 saturated carbocycles. The van der Waals surface area contributed by atoms with E-state index in [4.69, 9.17) is 80.3 Å². The van der Waals surface area contributed by atoms with E-state index < -0.39 is 24.0 Å². The highest BCUT2D eigenvalue weighted by atomic mass is 35.5. The Hall–Kier alpha value is -5.40. The quantitative estimate of drug-likeness (QED) is 0.0478. The van der Waals surface area contributed by atoms with Crippen molar-refractivity contribution in [1.29, 1.82) is 0 Å². The minimum Gasteiger partial charge on any atom is -0.490 e. The second kappa shape index (κ2) is 31.8. The molecule has 3 aliphatic heterocycles. The molecule has 0 radical (unpaired) electrons. The summed E-state index contributed by atoms with van der Waals surface area (Å²) in [6, 6.07) is 13.3. The first-order chi connectivity index (χ1) is 40.9. The number of ether oxygens (including phenoxy) is 11. The van der Waals surface area contributed by atoms with Gasteiger partial charge in [-0.25, -0.2) is 29.1 Å². The van der Waals surface area contributed by atoms with Gasteiger partial charge in [-0.1, -0.05) is 35.3 Å². The predicted molar refractivity (Wildman–Crippen MR) is 317 cm³/mol. The number of nitrogens with zero attached hydrogens (tertiary/aromatic N) is 6. The number of benzene rings is 3. The number of aliphatic carboxylic acids is 1. The molecule has 1 aliphatic carbocycles. The van der Waals surface area contributed by atoms with E-state index >= 15 is 0 Å². The molecule has 1 N–H and O–H groups in total. The van der Waals surface area contributed by atoms with Gasteiger partial charge >= 0.3 is 5.97 Å². The number of rotatable bonds is 27. The first-order valence-electron chi connectivity index (χ1n) is 28.6. The normalized spacial score (nSPS) is 18.8. The van der Waals surface area contributed by atoms with Crippen LogP contribution in [0.2, 0.25) is 10.0 Å². The molecule has 3 aromatic heterocycles. The summed E-state index contributed by atoms with van der Waals surface area (Å²) >= 11 is 16.1. The van der Waals surface area contributed by atoms with Crippen LogP contribution in [-0.4, -0.2) is 192 Å². The minimum atomic E-state index is -1.47. The number of carboxylic acid groups (broad SMARTS) is 1. The van der Waals surface area contributed by atoms with Crippen LogP contribution in [0.3, 0.4) is 0 Å². The fourth-order valence-corrected chi connectivity index (χ4v) is 12.1. The molecule has 6 heterocycles. The van der Waals surface area contributed by atoms with Gasteiger partial charge in [0.25, 0.3) is 0 Å². The summed E-state index contributed by atoms with van der Waals surface area (Å²) in [6.45, 7) is 14.0. The number of halogens is 3. The first-order valence-corrected chi connectivity index (χ1v) is 30.2. The third-order valence-electron chi connectivity index (χ3n) is 15.0. The second-order valence-corrected chi connectivity index (χ2v) is 22.7. The van der Waals surface area contributed by atoms with Gasteiger partial charge in [-0.2, -0.15) is 0 Å². The molecule has 84 heavy (non-hydrogen) atoms. The lowest BCUT2D eigenvalue weighted by molar-refractivity contribution is -0.145. The van der Waals surface area contributed by atoms with Crippen LogP contribution in [0.25, 0.3) is 31.8 Å². The number of carbonyl (C=O) groups is 1. The summed E-state index contributed by atoms with van der Waals surface area (Å²) in [6.07, 6.45) is 4.53. The topological polar surface area (TPSA) is 197 Å².